The lowest BCUT2D eigenvalue weighted by Gasteiger charge is -2.30. The average molecular weight is 479 g/mol. The number of halogens is 2. The Hall–Kier alpha value is -2.61. The van der Waals surface area contributed by atoms with Crippen molar-refractivity contribution in [2.24, 2.45) is 11.8 Å². The maximum absolute atomic E-state index is 14.0. The van der Waals surface area contributed by atoms with Crippen LogP contribution >= 0.6 is 11.8 Å². The zero-order chi connectivity index (χ0) is 24.5. The van der Waals surface area contributed by atoms with Crippen molar-refractivity contribution in [3.63, 3.8) is 0 Å². The van der Waals surface area contributed by atoms with Crippen LogP contribution in [0.1, 0.15) is 33.3 Å². The van der Waals surface area contributed by atoms with Gasteiger partial charge in [-0.05, 0) is 41.7 Å². The first-order valence-corrected chi connectivity index (χ1v) is 11.9. The van der Waals surface area contributed by atoms with E-state index < -0.39 is 17.5 Å². The molecule has 0 radical (unpaired) electrons. The fraction of sp³-hybridized carbons (Fsp3) is 0.440. The Labute approximate surface area is 198 Å². The molecule has 0 fully saturated rings. The molecule has 0 aliphatic carbocycles. The fourth-order valence-electron chi connectivity index (χ4n) is 3.37. The fourth-order valence-corrected chi connectivity index (χ4v) is 4.14. The second-order valence-electron chi connectivity index (χ2n) is 8.70. The Bertz CT molecular complexity index is 957. The van der Waals surface area contributed by atoms with E-state index in [-0.39, 0.29) is 23.7 Å². The number of carbonyl (C=O) groups excluding carboxylic acids is 2. The monoisotopic (exact) mass is 478 g/mol. The van der Waals surface area contributed by atoms with E-state index in [0.717, 1.165) is 35.8 Å². The van der Waals surface area contributed by atoms with Crippen LogP contribution in [0.4, 0.5) is 20.2 Å². The third kappa shape index (κ3) is 8.68. The number of ether oxygens (including phenoxy) is 1. The van der Waals surface area contributed by atoms with Gasteiger partial charge < -0.3 is 15.0 Å². The molecule has 0 bridgehead atoms. The van der Waals surface area contributed by atoms with E-state index in [1.807, 2.05) is 18.2 Å². The van der Waals surface area contributed by atoms with Gasteiger partial charge in [0.25, 0.3) is 0 Å². The summed E-state index contributed by atoms with van der Waals surface area (Å²) in [5.41, 5.74) is 1.55. The van der Waals surface area contributed by atoms with Gasteiger partial charge in [-0.15, -0.1) is 11.8 Å². The number of esters is 1. The third-order valence-corrected chi connectivity index (χ3v) is 5.67. The highest BCUT2D eigenvalue weighted by Gasteiger charge is 2.18. The molecule has 0 aliphatic heterocycles. The number of amides is 1. The van der Waals surface area contributed by atoms with Gasteiger partial charge in [0.1, 0.15) is 11.6 Å². The van der Waals surface area contributed by atoms with Gasteiger partial charge in [0.15, 0.2) is 0 Å². The summed E-state index contributed by atoms with van der Waals surface area (Å²) >= 11 is 1.30. The Kier molecular flexibility index (Phi) is 10.2. The van der Waals surface area contributed by atoms with E-state index in [1.54, 1.807) is 0 Å². The molecule has 8 heteroatoms. The average Bonchev–Trinajstić information content (AvgIpc) is 2.73. The number of methoxy groups -OCH3 is 1. The van der Waals surface area contributed by atoms with Gasteiger partial charge in [0.05, 0.1) is 30.7 Å². The SMILES string of the molecule is COC(=O)CSc1ccc(N(CC(C)C)CC(C)C)c(NC(=O)Cc2ccc(F)cc2F)c1. The predicted molar refractivity (Wildman–Crippen MR) is 130 cm³/mol. The van der Waals surface area contributed by atoms with Crippen molar-refractivity contribution >= 4 is 35.0 Å². The molecule has 180 valence electrons. The number of hydrogen-bond donors (Lipinski definition) is 1. The lowest BCUT2D eigenvalue weighted by molar-refractivity contribution is -0.137. The van der Waals surface area contributed by atoms with Crippen molar-refractivity contribution in [3.05, 3.63) is 53.6 Å². The van der Waals surface area contributed by atoms with Crippen LogP contribution in [0, 0.1) is 23.5 Å². The van der Waals surface area contributed by atoms with Crippen LogP contribution in [0.3, 0.4) is 0 Å². The first-order chi connectivity index (χ1) is 15.6. The quantitative estimate of drug-likeness (QED) is 0.340. The molecule has 5 nitrogen and oxygen atoms in total. The number of hydrogen-bond acceptors (Lipinski definition) is 5. The standard InChI is InChI=1S/C25H32F2N2O3S/c1-16(2)13-29(14-17(3)4)23-9-8-20(33-15-25(31)32-5)12-22(23)28-24(30)10-18-6-7-19(26)11-21(18)27/h6-9,11-12,16-17H,10,13-15H2,1-5H3,(H,28,30). The van der Waals surface area contributed by atoms with E-state index in [0.29, 0.717) is 17.5 Å². The molecule has 0 unspecified atom stereocenters. The molecule has 0 saturated heterocycles. The van der Waals surface area contributed by atoms with Gasteiger partial charge in [0.2, 0.25) is 5.91 Å². The highest BCUT2D eigenvalue weighted by Crippen LogP contribution is 2.33. The van der Waals surface area contributed by atoms with E-state index in [1.165, 1.54) is 24.9 Å². The van der Waals surface area contributed by atoms with Crippen molar-refractivity contribution in [1.29, 1.82) is 0 Å². The van der Waals surface area contributed by atoms with Crippen LogP contribution in [0.15, 0.2) is 41.3 Å². The molecule has 0 aromatic heterocycles. The number of nitrogens with one attached hydrogen (secondary N) is 1. The molecule has 0 atom stereocenters. The molecule has 0 saturated carbocycles. The van der Waals surface area contributed by atoms with E-state index >= 15 is 0 Å². The van der Waals surface area contributed by atoms with Crippen LogP contribution in [0.5, 0.6) is 0 Å². The molecule has 0 spiro atoms. The Morgan fingerprint density at radius 1 is 1.03 bits per heavy atom. The van der Waals surface area contributed by atoms with Crippen molar-refractivity contribution in [2.75, 3.05) is 36.2 Å². The zero-order valence-corrected chi connectivity index (χ0v) is 20.6. The van der Waals surface area contributed by atoms with E-state index in [9.17, 15) is 18.4 Å². The second-order valence-corrected chi connectivity index (χ2v) is 9.75. The number of nitrogens with zero attached hydrogens (tertiary/aromatic N) is 1. The molecule has 33 heavy (non-hydrogen) atoms. The van der Waals surface area contributed by atoms with Crippen LogP contribution < -0.4 is 10.2 Å². The summed E-state index contributed by atoms with van der Waals surface area (Å²) in [6, 6.07) is 8.83. The first kappa shape index (κ1) is 26.6. The highest BCUT2D eigenvalue weighted by molar-refractivity contribution is 8.00. The summed E-state index contributed by atoms with van der Waals surface area (Å²) in [5, 5.41) is 2.90. The lowest BCUT2D eigenvalue weighted by atomic mass is 10.1. The normalized spacial score (nSPS) is 11.1. The van der Waals surface area contributed by atoms with Crippen LogP contribution in [-0.4, -0.2) is 37.8 Å². The first-order valence-electron chi connectivity index (χ1n) is 10.9. The molecule has 2 aromatic carbocycles. The summed E-state index contributed by atoms with van der Waals surface area (Å²) in [6.07, 6.45) is -0.223. The van der Waals surface area contributed by atoms with Crippen molar-refractivity contribution in [3.8, 4) is 0 Å². The minimum atomic E-state index is -0.756. The Balaban J connectivity index is 2.34. The van der Waals surface area contributed by atoms with E-state index in [4.69, 9.17) is 4.74 Å². The molecule has 0 heterocycles. The summed E-state index contributed by atoms with van der Waals surface area (Å²) in [6.45, 7) is 10.1. The zero-order valence-electron chi connectivity index (χ0n) is 19.8. The summed E-state index contributed by atoms with van der Waals surface area (Å²) in [4.78, 5) is 27.3. The maximum Gasteiger partial charge on any atom is 0.315 e. The van der Waals surface area contributed by atoms with Gasteiger partial charge in [-0.1, -0.05) is 33.8 Å². The van der Waals surface area contributed by atoms with Gasteiger partial charge in [0, 0.05) is 24.1 Å². The van der Waals surface area contributed by atoms with Gasteiger partial charge >= 0.3 is 5.97 Å². The van der Waals surface area contributed by atoms with Gasteiger partial charge in [-0.3, -0.25) is 9.59 Å². The van der Waals surface area contributed by atoms with Crippen molar-refractivity contribution in [2.45, 2.75) is 39.0 Å². The largest absolute Gasteiger partial charge is 0.468 e. The van der Waals surface area contributed by atoms with E-state index in [2.05, 4.69) is 37.9 Å². The minimum Gasteiger partial charge on any atom is -0.468 e. The summed E-state index contributed by atoms with van der Waals surface area (Å²) in [7, 11) is 1.34. The molecule has 1 N–H and O–H groups in total. The lowest BCUT2D eigenvalue weighted by Crippen LogP contribution is -2.32. The maximum atomic E-state index is 14.0. The minimum absolute atomic E-state index is 0.118. The molecule has 0 aliphatic rings. The van der Waals surface area contributed by atoms with Crippen LogP contribution in [0.25, 0.3) is 0 Å². The molecule has 2 aromatic rings. The summed E-state index contributed by atoms with van der Waals surface area (Å²) < 4.78 is 31.9. The predicted octanol–water partition coefficient (Wildman–Crippen LogP) is 5.53. The van der Waals surface area contributed by atoms with Gasteiger partial charge in [-0.2, -0.15) is 0 Å². The topological polar surface area (TPSA) is 58.6 Å². The smallest absolute Gasteiger partial charge is 0.315 e. The summed E-state index contributed by atoms with van der Waals surface area (Å²) in [5.74, 6) is -1.26. The number of rotatable bonds is 11. The number of thioether (sulfide) groups is 1. The number of anilines is 2. The van der Waals surface area contributed by atoms with Crippen LogP contribution in [-0.2, 0) is 20.7 Å². The van der Waals surface area contributed by atoms with Gasteiger partial charge in [-0.25, -0.2) is 8.78 Å². The Morgan fingerprint density at radius 2 is 1.70 bits per heavy atom. The van der Waals surface area contributed by atoms with Crippen molar-refractivity contribution < 1.29 is 23.1 Å². The molecular formula is C25H32F2N2O3S. The van der Waals surface area contributed by atoms with Crippen LogP contribution in [0.2, 0.25) is 0 Å². The Morgan fingerprint density at radius 3 is 2.27 bits per heavy atom. The highest BCUT2D eigenvalue weighted by atomic mass is 32.2. The number of benzene rings is 2. The second kappa shape index (κ2) is 12.6. The molecule has 1 amide bonds. The molecule has 2 rings (SSSR count). The molecular weight excluding hydrogens is 446 g/mol. The third-order valence-electron chi connectivity index (χ3n) is 4.70. The van der Waals surface area contributed by atoms with Crippen molar-refractivity contribution in [1.82, 2.24) is 0 Å². The number of carbonyl (C=O) groups is 2.